The van der Waals surface area contributed by atoms with Gasteiger partial charge in [-0.2, -0.15) is 5.10 Å². The molecule has 1 aromatic rings. The number of aryl methyl sites for hydroxylation is 2. The van der Waals surface area contributed by atoms with Crippen molar-refractivity contribution in [2.45, 2.75) is 52.7 Å². The summed E-state index contributed by atoms with van der Waals surface area (Å²) in [5.74, 6) is 0.620. The fourth-order valence-corrected chi connectivity index (χ4v) is 3.31. The molecule has 1 aliphatic heterocycles. The first-order valence-corrected chi connectivity index (χ1v) is 7.76. The molecule has 0 amide bonds. The number of nitrogens with one attached hydrogen (secondary N) is 1. The summed E-state index contributed by atoms with van der Waals surface area (Å²) < 4.78 is 1.77. The lowest BCUT2D eigenvalue weighted by Crippen LogP contribution is -2.62. The predicted molar refractivity (Wildman–Crippen MR) is 84.1 cm³/mol. The highest BCUT2D eigenvalue weighted by atomic mass is 35.5. The molecule has 1 N–H and O–H groups in total. The van der Waals surface area contributed by atoms with Crippen molar-refractivity contribution in [2.75, 3.05) is 13.1 Å². The summed E-state index contributed by atoms with van der Waals surface area (Å²) in [6.45, 7) is 14.1. The molecule has 1 unspecified atom stereocenters. The lowest BCUT2D eigenvalue weighted by atomic mass is 9.92. The molecule has 1 fully saturated rings. The van der Waals surface area contributed by atoms with Crippen LogP contribution in [0.5, 0.6) is 0 Å². The normalized spacial score (nSPS) is 23.5. The summed E-state index contributed by atoms with van der Waals surface area (Å²) in [6.07, 6.45) is 0. The number of rotatable bonds is 3. The van der Waals surface area contributed by atoms with Gasteiger partial charge in [0, 0.05) is 43.8 Å². The Bertz CT molecular complexity index is 478. The summed E-state index contributed by atoms with van der Waals surface area (Å²) in [5, 5.41) is 8.83. The Labute approximate surface area is 127 Å². The fourth-order valence-electron chi connectivity index (χ4n) is 3.08. The Morgan fingerprint density at radius 3 is 2.60 bits per heavy atom. The topological polar surface area (TPSA) is 33.1 Å². The zero-order valence-electron chi connectivity index (χ0n) is 13.5. The Hall–Kier alpha value is -0.580. The highest BCUT2D eigenvalue weighted by Gasteiger charge is 2.34. The second-order valence-electron chi connectivity index (χ2n) is 6.96. The monoisotopic (exact) mass is 298 g/mol. The Kier molecular flexibility index (Phi) is 4.47. The number of hydrogen-bond acceptors (Lipinski definition) is 3. The number of aromatic nitrogens is 2. The minimum absolute atomic E-state index is 0.147. The van der Waals surface area contributed by atoms with E-state index < -0.39 is 0 Å². The molecule has 0 spiro atoms. The third-order valence-corrected chi connectivity index (χ3v) is 4.73. The van der Waals surface area contributed by atoms with Gasteiger partial charge in [0.2, 0.25) is 0 Å². The highest BCUT2D eigenvalue weighted by Crippen LogP contribution is 2.26. The van der Waals surface area contributed by atoms with E-state index in [9.17, 15) is 0 Å². The van der Waals surface area contributed by atoms with E-state index in [1.165, 1.54) is 0 Å². The molecule has 0 saturated carbocycles. The zero-order chi connectivity index (χ0) is 15.1. The van der Waals surface area contributed by atoms with Gasteiger partial charge in [0.05, 0.1) is 5.69 Å². The molecule has 1 atom stereocenters. The standard InChI is InChI=1S/C15H27ClN4/c1-10(2)13-7-17-15(4,5)9-20(13)8-12-11(3)18-19(6)14(12)16/h10,13,17H,7-9H2,1-6H3. The maximum absolute atomic E-state index is 6.39. The number of halogens is 1. The maximum Gasteiger partial charge on any atom is 0.131 e. The molecular weight excluding hydrogens is 272 g/mol. The molecule has 0 bridgehead atoms. The maximum atomic E-state index is 6.39. The first kappa shape index (κ1) is 15.8. The lowest BCUT2D eigenvalue weighted by molar-refractivity contribution is 0.0626. The van der Waals surface area contributed by atoms with Crippen molar-refractivity contribution in [3.05, 3.63) is 16.4 Å². The summed E-state index contributed by atoms with van der Waals surface area (Å²) in [5.41, 5.74) is 2.35. The number of hydrogen-bond donors (Lipinski definition) is 1. The molecule has 0 aromatic carbocycles. The average Bonchev–Trinajstić information content (AvgIpc) is 2.54. The van der Waals surface area contributed by atoms with E-state index in [4.69, 9.17) is 11.6 Å². The van der Waals surface area contributed by atoms with E-state index in [1.54, 1.807) is 4.68 Å². The van der Waals surface area contributed by atoms with E-state index >= 15 is 0 Å². The van der Waals surface area contributed by atoms with Crippen LogP contribution >= 0.6 is 11.6 Å². The van der Waals surface area contributed by atoms with Gasteiger partial charge in [-0.25, -0.2) is 0 Å². The van der Waals surface area contributed by atoms with Crippen LogP contribution in [0.4, 0.5) is 0 Å². The second kappa shape index (κ2) is 5.66. The van der Waals surface area contributed by atoms with Gasteiger partial charge in [-0.1, -0.05) is 25.4 Å². The van der Waals surface area contributed by atoms with Gasteiger partial charge in [0.25, 0.3) is 0 Å². The summed E-state index contributed by atoms with van der Waals surface area (Å²) in [6, 6.07) is 0.540. The molecule has 4 nitrogen and oxygen atoms in total. The first-order chi connectivity index (χ1) is 9.21. The van der Waals surface area contributed by atoms with Crippen LogP contribution in [0.25, 0.3) is 0 Å². The fraction of sp³-hybridized carbons (Fsp3) is 0.800. The van der Waals surface area contributed by atoms with Crippen molar-refractivity contribution in [3.63, 3.8) is 0 Å². The van der Waals surface area contributed by atoms with Gasteiger partial charge < -0.3 is 5.32 Å². The average molecular weight is 299 g/mol. The van der Waals surface area contributed by atoms with Crippen LogP contribution < -0.4 is 5.32 Å². The Morgan fingerprint density at radius 2 is 2.10 bits per heavy atom. The first-order valence-electron chi connectivity index (χ1n) is 7.38. The third kappa shape index (κ3) is 3.18. The van der Waals surface area contributed by atoms with Crippen LogP contribution in [0.1, 0.15) is 39.0 Å². The van der Waals surface area contributed by atoms with Crippen LogP contribution in [-0.2, 0) is 13.6 Å². The van der Waals surface area contributed by atoms with Crippen LogP contribution in [0.15, 0.2) is 0 Å². The summed E-state index contributed by atoms with van der Waals surface area (Å²) in [7, 11) is 1.90. The smallest absolute Gasteiger partial charge is 0.131 e. The molecule has 0 radical (unpaired) electrons. The SMILES string of the molecule is Cc1nn(C)c(Cl)c1CN1CC(C)(C)NCC1C(C)C. The third-order valence-electron chi connectivity index (χ3n) is 4.26. The van der Waals surface area contributed by atoms with Crippen molar-refractivity contribution in [1.29, 1.82) is 0 Å². The molecule has 114 valence electrons. The molecule has 1 aliphatic rings. The van der Waals surface area contributed by atoms with Gasteiger partial charge in [-0.05, 0) is 26.7 Å². The van der Waals surface area contributed by atoms with E-state index in [0.717, 1.165) is 36.0 Å². The van der Waals surface area contributed by atoms with Gasteiger partial charge in [-0.3, -0.25) is 9.58 Å². The van der Waals surface area contributed by atoms with Crippen molar-refractivity contribution < 1.29 is 0 Å². The van der Waals surface area contributed by atoms with Crippen molar-refractivity contribution in [2.24, 2.45) is 13.0 Å². The lowest BCUT2D eigenvalue weighted by Gasteiger charge is -2.46. The number of nitrogens with zero attached hydrogens (tertiary/aromatic N) is 3. The molecule has 1 saturated heterocycles. The van der Waals surface area contributed by atoms with E-state index in [0.29, 0.717) is 12.0 Å². The van der Waals surface area contributed by atoms with E-state index in [2.05, 4.69) is 43.0 Å². The van der Waals surface area contributed by atoms with Crippen LogP contribution in [0.3, 0.4) is 0 Å². The van der Waals surface area contributed by atoms with Crippen molar-refractivity contribution >= 4 is 11.6 Å². The largest absolute Gasteiger partial charge is 0.309 e. The molecule has 0 aliphatic carbocycles. The Balaban J connectivity index is 2.23. The zero-order valence-corrected chi connectivity index (χ0v) is 14.3. The molecule has 1 aromatic heterocycles. The Morgan fingerprint density at radius 1 is 1.45 bits per heavy atom. The molecule has 5 heteroatoms. The predicted octanol–water partition coefficient (Wildman–Crippen LogP) is 2.59. The van der Waals surface area contributed by atoms with Gasteiger partial charge in [0.1, 0.15) is 5.15 Å². The van der Waals surface area contributed by atoms with Gasteiger partial charge in [-0.15, -0.1) is 0 Å². The van der Waals surface area contributed by atoms with Gasteiger partial charge in [0.15, 0.2) is 0 Å². The number of piperazine rings is 1. The molecule has 20 heavy (non-hydrogen) atoms. The summed E-state index contributed by atoms with van der Waals surface area (Å²) in [4.78, 5) is 2.55. The molecular formula is C15H27ClN4. The van der Waals surface area contributed by atoms with Gasteiger partial charge >= 0.3 is 0 Å². The minimum atomic E-state index is 0.147. The van der Waals surface area contributed by atoms with Crippen molar-refractivity contribution in [3.8, 4) is 0 Å². The van der Waals surface area contributed by atoms with Crippen LogP contribution in [-0.4, -0.2) is 39.4 Å². The molecule has 2 rings (SSSR count). The van der Waals surface area contributed by atoms with Crippen LogP contribution in [0, 0.1) is 12.8 Å². The van der Waals surface area contributed by atoms with Crippen molar-refractivity contribution in [1.82, 2.24) is 20.0 Å². The van der Waals surface area contributed by atoms with Crippen LogP contribution in [0.2, 0.25) is 5.15 Å². The van der Waals surface area contributed by atoms with E-state index in [-0.39, 0.29) is 5.54 Å². The molecule has 2 heterocycles. The summed E-state index contributed by atoms with van der Waals surface area (Å²) >= 11 is 6.39. The minimum Gasteiger partial charge on any atom is -0.309 e. The quantitative estimate of drug-likeness (QED) is 0.931. The second-order valence-corrected chi connectivity index (χ2v) is 7.32. The van der Waals surface area contributed by atoms with E-state index in [1.807, 2.05) is 14.0 Å². The highest BCUT2D eigenvalue weighted by molar-refractivity contribution is 6.30.